The van der Waals surface area contributed by atoms with E-state index in [0.29, 0.717) is 0 Å². The van der Waals surface area contributed by atoms with E-state index in [1.807, 2.05) is 0 Å². The standard InChI is InChI=1S/C12H22N2/c1-13-7-10-6-11(9-13)12-4-2-3-5-14(12)8-10/h10-12H,2-9H2,1H3/t10-,11+,12?/m1/s1. The van der Waals surface area contributed by atoms with Crippen LogP contribution in [0.25, 0.3) is 0 Å². The van der Waals surface area contributed by atoms with Crippen LogP contribution >= 0.6 is 0 Å². The summed E-state index contributed by atoms with van der Waals surface area (Å²) in [5.74, 6) is 1.97. The summed E-state index contributed by atoms with van der Waals surface area (Å²) in [4.78, 5) is 5.36. The summed E-state index contributed by atoms with van der Waals surface area (Å²) in [5, 5.41) is 0. The maximum absolute atomic E-state index is 2.80. The third-order valence-corrected chi connectivity index (χ3v) is 4.45. The van der Waals surface area contributed by atoms with Crippen molar-refractivity contribution in [1.29, 1.82) is 0 Å². The molecule has 0 spiro atoms. The molecule has 0 aliphatic carbocycles. The Balaban J connectivity index is 1.76. The molecule has 0 aromatic carbocycles. The van der Waals surface area contributed by atoms with Crippen molar-refractivity contribution < 1.29 is 0 Å². The summed E-state index contributed by atoms with van der Waals surface area (Å²) < 4.78 is 0. The molecule has 0 aromatic rings. The molecule has 1 unspecified atom stereocenters. The van der Waals surface area contributed by atoms with Gasteiger partial charge in [-0.05, 0) is 44.7 Å². The first-order valence-corrected chi connectivity index (χ1v) is 6.25. The van der Waals surface area contributed by atoms with Crippen molar-refractivity contribution in [3.63, 3.8) is 0 Å². The molecule has 3 aliphatic heterocycles. The number of hydrogen-bond acceptors (Lipinski definition) is 2. The zero-order valence-corrected chi connectivity index (χ0v) is 9.28. The molecule has 0 amide bonds. The van der Waals surface area contributed by atoms with Crippen molar-refractivity contribution in [3.8, 4) is 0 Å². The van der Waals surface area contributed by atoms with Crippen LogP contribution in [0.3, 0.4) is 0 Å². The fraction of sp³-hybridized carbons (Fsp3) is 1.00. The summed E-state index contributed by atoms with van der Waals surface area (Å²) in [6.07, 6.45) is 5.93. The van der Waals surface area contributed by atoms with Gasteiger partial charge in [0.05, 0.1) is 0 Å². The SMILES string of the molecule is CN1C[C@H]2C[C@@H](C1)C1CCCCN1C2. The highest BCUT2D eigenvalue weighted by Gasteiger charge is 2.40. The van der Waals surface area contributed by atoms with Gasteiger partial charge < -0.3 is 4.90 Å². The number of rotatable bonds is 0. The average Bonchev–Trinajstić information content (AvgIpc) is 2.17. The maximum Gasteiger partial charge on any atom is 0.0136 e. The van der Waals surface area contributed by atoms with Crippen LogP contribution in [0.4, 0.5) is 0 Å². The number of hydrogen-bond donors (Lipinski definition) is 0. The highest BCUT2D eigenvalue weighted by Crippen LogP contribution is 2.36. The van der Waals surface area contributed by atoms with Crippen LogP contribution in [0.1, 0.15) is 25.7 Å². The van der Waals surface area contributed by atoms with Gasteiger partial charge in [-0.3, -0.25) is 4.90 Å². The minimum Gasteiger partial charge on any atom is -0.306 e. The van der Waals surface area contributed by atoms with Crippen LogP contribution in [-0.4, -0.2) is 49.1 Å². The zero-order valence-electron chi connectivity index (χ0n) is 9.28. The van der Waals surface area contributed by atoms with E-state index in [2.05, 4.69) is 16.8 Å². The first kappa shape index (κ1) is 9.17. The first-order valence-electron chi connectivity index (χ1n) is 6.25. The van der Waals surface area contributed by atoms with Crippen LogP contribution in [0.15, 0.2) is 0 Å². The topological polar surface area (TPSA) is 6.48 Å². The number of likely N-dealkylation sites (tertiary alicyclic amines) is 1. The molecule has 3 fully saturated rings. The highest BCUT2D eigenvalue weighted by atomic mass is 15.2. The molecular weight excluding hydrogens is 172 g/mol. The van der Waals surface area contributed by atoms with Crippen LogP contribution in [0.2, 0.25) is 0 Å². The first-order chi connectivity index (χ1) is 6.83. The van der Waals surface area contributed by atoms with E-state index >= 15 is 0 Å². The molecule has 0 aromatic heterocycles. The molecule has 0 saturated carbocycles. The largest absolute Gasteiger partial charge is 0.306 e. The lowest BCUT2D eigenvalue weighted by molar-refractivity contribution is -0.0231. The van der Waals surface area contributed by atoms with Crippen molar-refractivity contribution in [2.24, 2.45) is 11.8 Å². The number of piperidine rings is 3. The van der Waals surface area contributed by atoms with Gasteiger partial charge in [-0.1, -0.05) is 6.42 Å². The lowest BCUT2D eigenvalue weighted by Gasteiger charge is -2.52. The Hall–Kier alpha value is -0.0800. The molecule has 3 rings (SSSR count). The lowest BCUT2D eigenvalue weighted by Crippen LogP contribution is -2.58. The second-order valence-electron chi connectivity index (χ2n) is 5.64. The Morgan fingerprint density at radius 3 is 2.93 bits per heavy atom. The van der Waals surface area contributed by atoms with Crippen molar-refractivity contribution in [2.45, 2.75) is 31.7 Å². The summed E-state index contributed by atoms with van der Waals surface area (Å²) in [7, 11) is 2.30. The Bertz CT molecular complexity index is 214. The van der Waals surface area contributed by atoms with E-state index < -0.39 is 0 Å². The summed E-state index contributed by atoms with van der Waals surface area (Å²) in [5.41, 5.74) is 0. The Labute approximate surface area is 87.3 Å². The normalized spacial score (nSPS) is 44.8. The van der Waals surface area contributed by atoms with Gasteiger partial charge in [0.15, 0.2) is 0 Å². The van der Waals surface area contributed by atoms with Crippen molar-refractivity contribution in [3.05, 3.63) is 0 Å². The minimum absolute atomic E-state index is 0.947. The zero-order chi connectivity index (χ0) is 9.54. The van der Waals surface area contributed by atoms with E-state index in [-0.39, 0.29) is 0 Å². The second kappa shape index (κ2) is 3.49. The van der Waals surface area contributed by atoms with E-state index in [1.54, 1.807) is 0 Å². The van der Waals surface area contributed by atoms with Gasteiger partial charge >= 0.3 is 0 Å². The van der Waals surface area contributed by atoms with E-state index in [1.165, 1.54) is 51.9 Å². The third kappa shape index (κ3) is 1.49. The highest BCUT2D eigenvalue weighted by molar-refractivity contribution is 4.94. The number of fused-ring (bicyclic) bond motifs is 4. The van der Waals surface area contributed by atoms with Gasteiger partial charge in [-0.2, -0.15) is 0 Å². The van der Waals surface area contributed by atoms with Crippen LogP contribution in [0, 0.1) is 11.8 Å². The molecule has 0 radical (unpaired) electrons. The summed E-state index contributed by atoms with van der Waals surface area (Å²) >= 11 is 0. The molecular formula is C12H22N2. The Morgan fingerprint density at radius 2 is 2.00 bits per heavy atom. The Morgan fingerprint density at radius 1 is 1.07 bits per heavy atom. The van der Waals surface area contributed by atoms with Crippen molar-refractivity contribution >= 4 is 0 Å². The third-order valence-electron chi connectivity index (χ3n) is 4.45. The lowest BCUT2D eigenvalue weighted by atomic mass is 9.76. The average molecular weight is 194 g/mol. The van der Waals surface area contributed by atoms with E-state index in [4.69, 9.17) is 0 Å². The van der Waals surface area contributed by atoms with Crippen LogP contribution in [-0.2, 0) is 0 Å². The maximum atomic E-state index is 2.80. The molecule has 3 heterocycles. The van der Waals surface area contributed by atoms with Gasteiger partial charge in [-0.15, -0.1) is 0 Å². The van der Waals surface area contributed by atoms with Gasteiger partial charge in [0.2, 0.25) is 0 Å². The fourth-order valence-electron chi connectivity index (χ4n) is 4.01. The molecule has 14 heavy (non-hydrogen) atoms. The molecule has 2 heteroatoms. The van der Waals surface area contributed by atoms with Crippen molar-refractivity contribution in [1.82, 2.24) is 9.80 Å². The van der Waals surface area contributed by atoms with Gasteiger partial charge in [0.25, 0.3) is 0 Å². The van der Waals surface area contributed by atoms with Gasteiger partial charge in [0, 0.05) is 25.7 Å². The van der Waals surface area contributed by atoms with E-state index in [9.17, 15) is 0 Å². The molecule has 0 N–H and O–H groups in total. The quantitative estimate of drug-likeness (QED) is 0.575. The predicted octanol–water partition coefficient (Wildman–Crippen LogP) is 1.42. The molecule has 2 nitrogen and oxygen atoms in total. The fourth-order valence-corrected chi connectivity index (χ4v) is 4.01. The smallest absolute Gasteiger partial charge is 0.0136 e. The summed E-state index contributed by atoms with van der Waals surface area (Å²) in [6, 6.07) is 0.947. The molecule has 2 bridgehead atoms. The minimum atomic E-state index is 0.947. The summed E-state index contributed by atoms with van der Waals surface area (Å²) in [6.45, 7) is 5.49. The van der Waals surface area contributed by atoms with Crippen molar-refractivity contribution in [2.75, 3.05) is 33.2 Å². The van der Waals surface area contributed by atoms with Crippen LogP contribution in [0.5, 0.6) is 0 Å². The molecule has 3 aliphatic rings. The molecule has 3 atom stereocenters. The van der Waals surface area contributed by atoms with E-state index in [0.717, 1.165) is 17.9 Å². The molecule has 80 valence electrons. The predicted molar refractivity (Wildman–Crippen MR) is 58.3 cm³/mol. The van der Waals surface area contributed by atoms with Gasteiger partial charge in [-0.25, -0.2) is 0 Å². The monoisotopic (exact) mass is 194 g/mol. The number of nitrogens with zero attached hydrogens (tertiary/aromatic N) is 2. The van der Waals surface area contributed by atoms with Gasteiger partial charge in [0.1, 0.15) is 0 Å². The molecule has 3 saturated heterocycles. The van der Waals surface area contributed by atoms with Crippen LogP contribution < -0.4 is 0 Å². The second-order valence-corrected chi connectivity index (χ2v) is 5.64. The Kier molecular flexibility index (Phi) is 2.29.